The zero-order valence-corrected chi connectivity index (χ0v) is 11.9. The number of likely N-dealkylation sites (tertiary alicyclic amines) is 1. The molecule has 0 bridgehead atoms. The van der Waals surface area contributed by atoms with Crippen molar-refractivity contribution in [3.8, 4) is 0 Å². The van der Waals surface area contributed by atoms with Crippen LogP contribution in [0.4, 0.5) is 0 Å². The third kappa shape index (κ3) is 3.35. The number of nitrogens with two attached hydrogens (primary N) is 1. The van der Waals surface area contributed by atoms with Crippen molar-refractivity contribution in [2.24, 2.45) is 11.7 Å². The van der Waals surface area contributed by atoms with Crippen molar-refractivity contribution >= 4 is 5.91 Å². The first-order chi connectivity index (χ1) is 9.11. The Morgan fingerprint density at radius 1 is 1.47 bits per heavy atom. The first kappa shape index (κ1) is 14.1. The fourth-order valence-corrected chi connectivity index (χ4v) is 2.89. The summed E-state index contributed by atoms with van der Waals surface area (Å²) in [5, 5.41) is 0. The molecule has 0 aliphatic carbocycles. The third-order valence-electron chi connectivity index (χ3n) is 4.17. The number of hydrogen-bond acceptors (Lipinski definition) is 2. The average molecular weight is 260 g/mol. The molecule has 0 radical (unpaired) electrons. The van der Waals surface area contributed by atoms with E-state index in [0.717, 1.165) is 19.5 Å². The Balaban J connectivity index is 1.94. The lowest BCUT2D eigenvalue weighted by Crippen LogP contribution is -2.30. The second-order valence-electron chi connectivity index (χ2n) is 5.69. The summed E-state index contributed by atoms with van der Waals surface area (Å²) in [5.74, 6) is 1.05. The topological polar surface area (TPSA) is 46.3 Å². The van der Waals surface area contributed by atoms with Crippen LogP contribution in [-0.4, -0.2) is 30.4 Å². The van der Waals surface area contributed by atoms with Gasteiger partial charge in [0, 0.05) is 19.5 Å². The van der Waals surface area contributed by atoms with Gasteiger partial charge in [0.2, 0.25) is 5.91 Å². The van der Waals surface area contributed by atoms with Crippen molar-refractivity contribution in [1.82, 2.24) is 4.90 Å². The van der Waals surface area contributed by atoms with Crippen molar-refractivity contribution in [2.75, 3.05) is 19.6 Å². The van der Waals surface area contributed by atoms with Crippen molar-refractivity contribution in [3.05, 3.63) is 35.4 Å². The van der Waals surface area contributed by atoms with E-state index in [0.29, 0.717) is 18.9 Å². The van der Waals surface area contributed by atoms with Gasteiger partial charge in [-0.15, -0.1) is 0 Å². The highest BCUT2D eigenvalue weighted by Crippen LogP contribution is 2.24. The van der Waals surface area contributed by atoms with E-state index >= 15 is 0 Å². The van der Waals surface area contributed by atoms with Crippen LogP contribution < -0.4 is 5.73 Å². The number of amides is 1. The molecule has 1 heterocycles. The molecule has 3 heteroatoms. The van der Waals surface area contributed by atoms with Crippen LogP contribution in [0.5, 0.6) is 0 Å². The average Bonchev–Trinajstić information content (AvgIpc) is 2.88. The molecule has 1 fully saturated rings. The Kier molecular flexibility index (Phi) is 4.59. The van der Waals surface area contributed by atoms with E-state index < -0.39 is 0 Å². The lowest BCUT2D eigenvalue weighted by Gasteiger charge is -2.20. The monoisotopic (exact) mass is 260 g/mol. The van der Waals surface area contributed by atoms with E-state index in [1.165, 1.54) is 11.1 Å². The fourth-order valence-electron chi connectivity index (χ4n) is 2.89. The maximum atomic E-state index is 12.3. The fraction of sp³-hybridized carbons (Fsp3) is 0.562. The third-order valence-corrected chi connectivity index (χ3v) is 4.17. The summed E-state index contributed by atoms with van der Waals surface area (Å²) in [5.41, 5.74) is 8.22. The van der Waals surface area contributed by atoms with Crippen molar-refractivity contribution in [1.29, 1.82) is 0 Å². The maximum Gasteiger partial charge on any atom is 0.223 e. The molecule has 1 aliphatic heterocycles. The van der Waals surface area contributed by atoms with Gasteiger partial charge in [-0.2, -0.15) is 0 Å². The van der Waals surface area contributed by atoms with E-state index in [1.807, 2.05) is 17.0 Å². The Labute approximate surface area is 115 Å². The zero-order valence-electron chi connectivity index (χ0n) is 11.9. The number of carbonyl (C=O) groups excluding carboxylic acids is 1. The van der Waals surface area contributed by atoms with Crippen LogP contribution in [0.3, 0.4) is 0 Å². The molecule has 1 aliphatic rings. The van der Waals surface area contributed by atoms with Gasteiger partial charge >= 0.3 is 0 Å². The van der Waals surface area contributed by atoms with Gasteiger partial charge in [-0.05, 0) is 42.9 Å². The molecule has 1 aromatic rings. The van der Waals surface area contributed by atoms with Crippen molar-refractivity contribution in [2.45, 2.75) is 32.6 Å². The molecule has 19 heavy (non-hydrogen) atoms. The minimum atomic E-state index is 0.270. The predicted molar refractivity (Wildman–Crippen MR) is 78.0 cm³/mol. The maximum absolute atomic E-state index is 12.3. The van der Waals surface area contributed by atoms with E-state index in [1.54, 1.807) is 0 Å². The van der Waals surface area contributed by atoms with Gasteiger partial charge in [0.15, 0.2) is 0 Å². The lowest BCUT2D eigenvalue weighted by molar-refractivity contribution is -0.130. The summed E-state index contributed by atoms with van der Waals surface area (Å²) < 4.78 is 0. The second-order valence-corrected chi connectivity index (χ2v) is 5.69. The van der Waals surface area contributed by atoms with Crippen molar-refractivity contribution in [3.63, 3.8) is 0 Å². The van der Waals surface area contributed by atoms with Crippen molar-refractivity contribution < 1.29 is 4.79 Å². The number of nitrogens with zero attached hydrogens (tertiary/aromatic N) is 1. The molecule has 0 saturated carbocycles. The van der Waals surface area contributed by atoms with Gasteiger partial charge in [0.25, 0.3) is 0 Å². The van der Waals surface area contributed by atoms with Gasteiger partial charge in [-0.3, -0.25) is 4.79 Å². The van der Waals surface area contributed by atoms with Crippen LogP contribution in [0.2, 0.25) is 0 Å². The van der Waals surface area contributed by atoms with E-state index in [-0.39, 0.29) is 11.8 Å². The number of benzene rings is 1. The van der Waals surface area contributed by atoms with Crippen LogP contribution in [-0.2, 0) is 4.79 Å². The molecule has 0 aromatic heterocycles. The number of rotatable bonds is 4. The number of hydrogen-bond donors (Lipinski definition) is 1. The second kappa shape index (κ2) is 6.20. The minimum absolute atomic E-state index is 0.270. The number of carbonyl (C=O) groups is 1. The summed E-state index contributed by atoms with van der Waals surface area (Å²) in [6, 6.07) is 8.32. The first-order valence-electron chi connectivity index (χ1n) is 7.15. The van der Waals surface area contributed by atoms with E-state index in [2.05, 4.69) is 26.0 Å². The molecule has 1 aromatic carbocycles. The van der Waals surface area contributed by atoms with Crippen LogP contribution in [0.15, 0.2) is 24.3 Å². The molecule has 104 valence electrons. The Bertz CT molecular complexity index is 444. The minimum Gasteiger partial charge on any atom is -0.342 e. The molecule has 2 unspecified atom stereocenters. The molecule has 1 saturated heterocycles. The van der Waals surface area contributed by atoms with Gasteiger partial charge in [-0.25, -0.2) is 0 Å². The Hall–Kier alpha value is -1.35. The lowest BCUT2D eigenvalue weighted by atomic mass is 9.93. The molecular formula is C16H24N2O. The Morgan fingerprint density at radius 3 is 2.84 bits per heavy atom. The highest BCUT2D eigenvalue weighted by atomic mass is 16.2. The number of aryl methyl sites for hydroxylation is 1. The summed E-state index contributed by atoms with van der Waals surface area (Å²) in [4.78, 5) is 14.3. The molecule has 2 rings (SSSR count). The SMILES string of the molecule is Cc1ccccc1C(C)CC(=O)N1CCC(CN)C1. The van der Waals surface area contributed by atoms with Crippen LogP contribution >= 0.6 is 0 Å². The molecule has 2 N–H and O–H groups in total. The van der Waals surface area contributed by atoms with E-state index in [9.17, 15) is 4.79 Å². The molecule has 2 atom stereocenters. The molecule has 3 nitrogen and oxygen atoms in total. The van der Waals surface area contributed by atoms with E-state index in [4.69, 9.17) is 5.73 Å². The summed E-state index contributed by atoms with van der Waals surface area (Å²) >= 11 is 0. The first-order valence-corrected chi connectivity index (χ1v) is 7.15. The van der Waals surface area contributed by atoms with Crippen LogP contribution in [0.1, 0.15) is 36.8 Å². The van der Waals surface area contributed by atoms with Gasteiger partial charge in [-0.1, -0.05) is 31.2 Å². The molecular weight excluding hydrogens is 236 g/mol. The van der Waals surface area contributed by atoms with Gasteiger partial charge in [0.1, 0.15) is 0 Å². The standard InChI is InChI=1S/C16H24N2O/c1-12-5-3-4-6-15(12)13(2)9-16(19)18-8-7-14(10-17)11-18/h3-6,13-14H,7-11,17H2,1-2H3. The summed E-state index contributed by atoms with van der Waals surface area (Å²) in [7, 11) is 0. The summed E-state index contributed by atoms with van der Waals surface area (Å²) in [6.45, 7) is 6.65. The normalized spacial score (nSPS) is 20.6. The molecule has 0 spiro atoms. The molecule has 1 amide bonds. The largest absolute Gasteiger partial charge is 0.342 e. The predicted octanol–water partition coefficient (Wildman–Crippen LogP) is 2.30. The zero-order chi connectivity index (χ0) is 13.8. The highest BCUT2D eigenvalue weighted by Gasteiger charge is 2.26. The van der Waals surface area contributed by atoms with Crippen LogP contribution in [0.25, 0.3) is 0 Å². The van der Waals surface area contributed by atoms with Gasteiger partial charge < -0.3 is 10.6 Å². The smallest absolute Gasteiger partial charge is 0.223 e. The van der Waals surface area contributed by atoms with Gasteiger partial charge in [0.05, 0.1) is 0 Å². The quantitative estimate of drug-likeness (QED) is 0.903. The van der Waals surface area contributed by atoms with Crippen LogP contribution in [0, 0.1) is 12.8 Å². The Morgan fingerprint density at radius 2 is 2.21 bits per heavy atom. The highest BCUT2D eigenvalue weighted by molar-refractivity contribution is 5.77. The summed E-state index contributed by atoms with van der Waals surface area (Å²) in [6.07, 6.45) is 1.66.